The maximum Gasteiger partial charge on any atom is 0.223 e. The van der Waals surface area contributed by atoms with Crippen molar-refractivity contribution >= 4 is 17.7 Å². The summed E-state index contributed by atoms with van der Waals surface area (Å²) in [5.41, 5.74) is 0.0962. The fourth-order valence-electron chi connectivity index (χ4n) is 2.90. The fourth-order valence-corrected chi connectivity index (χ4v) is 3.28. The summed E-state index contributed by atoms with van der Waals surface area (Å²) >= 11 is 1.75. The van der Waals surface area contributed by atoms with Crippen LogP contribution in [-0.4, -0.2) is 61.1 Å². The van der Waals surface area contributed by atoms with Crippen molar-refractivity contribution in [1.82, 2.24) is 15.5 Å². The van der Waals surface area contributed by atoms with E-state index in [2.05, 4.69) is 21.8 Å². The largest absolute Gasteiger partial charge is 0.334 e. The van der Waals surface area contributed by atoms with E-state index in [1.807, 2.05) is 0 Å². The van der Waals surface area contributed by atoms with Crippen LogP contribution in [0.25, 0.3) is 0 Å². The number of carbonyl (C=O) groups is 1. The van der Waals surface area contributed by atoms with Gasteiger partial charge in [0.25, 0.3) is 0 Å². The lowest BCUT2D eigenvalue weighted by atomic mass is 9.84. The number of piperazine rings is 1. The van der Waals surface area contributed by atoms with E-state index in [4.69, 9.17) is 0 Å². The van der Waals surface area contributed by atoms with Gasteiger partial charge < -0.3 is 15.5 Å². The molecule has 2 heterocycles. The second-order valence-electron chi connectivity index (χ2n) is 4.94. The van der Waals surface area contributed by atoms with Crippen molar-refractivity contribution < 1.29 is 4.79 Å². The Morgan fingerprint density at radius 3 is 2.76 bits per heavy atom. The van der Waals surface area contributed by atoms with Gasteiger partial charge >= 0.3 is 0 Å². The molecule has 4 nitrogen and oxygen atoms in total. The Balaban J connectivity index is 2.03. The number of nitrogens with zero attached hydrogens (tertiary/aromatic N) is 1. The average molecular weight is 257 g/mol. The summed E-state index contributed by atoms with van der Waals surface area (Å²) in [6.07, 6.45) is 4.93. The molecule has 98 valence electrons. The summed E-state index contributed by atoms with van der Waals surface area (Å²) in [5, 5.41) is 6.85. The first-order valence-electron chi connectivity index (χ1n) is 6.49. The van der Waals surface area contributed by atoms with E-state index < -0.39 is 0 Å². The monoisotopic (exact) mass is 257 g/mol. The number of hydrogen-bond donors (Lipinski definition) is 2. The zero-order valence-corrected chi connectivity index (χ0v) is 11.4. The minimum Gasteiger partial charge on any atom is -0.334 e. The van der Waals surface area contributed by atoms with Gasteiger partial charge in [-0.15, -0.1) is 0 Å². The number of carbonyl (C=O) groups excluding carboxylic acids is 1. The van der Waals surface area contributed by atoms with Gasteiger partial charge in [-0.2, -0.15) is 11.8 Å². The molecule has 1 amide bonds. The minimum absolute atomic E-state index is 0.0962. The van der Waals surface area contributed by atoms with Gasteiger partial charge in [0.2, 0.25) is 5.91 Å². The summed E-state index contributed by atoms with van der Waals surface area (Å²) in [5.74, 6) is 1.29. The minimum atomic E-state index is 0.0962. The van der Waals surface area contributed by atoms with E-state index in [1.165, 1.54) is 0 Å². The molecule has 2 fully saturated rings. The Bertz CT molecular complexity index is 258. The molecule has 5 heteroatoms. The first kappa shape index (κ1) is 13.2. The lowest BCUT2D eigenvalue weighted by molar-refractivity contribution is -0.140. The van der Waals surface area contributed by atoms with Gasteiger partial charge in [-0.05, 0) is 32.2 Å². The van der Waals surface area contributed by atoms with Crippen LogP contribution < -0.4 is 10.6 Å². The maximum absolute atomic E-state index is 12.3. The van der Waals surface area contributed by atoms with Crippen LogP contribution in [0.1, 0.15) is 19.3 Å². The van der Waals surface area contributed by atoms with Crippen molar-refractivity contribution in [3.8, 4) is 0 Å². The topological polar surface area (TPSA) is 44.4 Å². The van der Waals surface area contributed by atoms with Crippen molar-refractivity contribution in [2.45, 2.75) is 24.8 Å². The molecule has 0 atom stereocenters. The number of piperidine rings is 1. The third-order valence-corrected chi connectivity index (χ3v) is 4.51. The van der Waals surface area contributed by atoms with Crippen LogP contribution in [0.2, 0.25) is 0 Å². The van der Waals surface area contributed by atoms with Gasteiger partial charge in [0.05, 0.1) is 5.54 Å². The SMILES string of the molecule is CSCCC(=O)N1CCNCC12CCNCC2. The number of thioether (sulfide) groups is 1. The molecular formula is C12H23N3OS. The zero-order valence-electron chi connectivity index (χ0n) is 10.6. The average Bonchev–Trinajstić information content (AvgIpc) is 2.37. The van der Waals surface area contributed by atoms with Gasteiger partial charge in [0.15, 0.2) is 0 Å². The number of rotatable bonds is 3. The maximum atomic E-state index is 12.3. The Morgan fingerprint density at radius 1 is 1.29 bits per heavy atom. The van der Waals surface area contributed by atoms with Crippen LogP contribution in [0.4, 0.5) is 0 Å². The highest BCUT2D eigenvalue weighted by molar-refractivity contribution is 7.98. The normalized spacial score (nSPS) is 23.9. The highest BCUT2D eigenvalue weighted by Gasteiger charge is 2.41. The zero-order chi connectivity index (χ0) is 12.1. The number of nitrogens with one attached hydrogen (secondary N) is 2. The summed E-state index contributed by atoms with van der Waals surface area (Å²) in [6, 6.07) is 0. The van der Waals surface area contributed by atoms with Gasteiger partial charge in [-0.1, -0.05) is 0 Å². The molecular weight excluding hydrogens is 234 g/mol. The van der Waals surface area contributed by atoms with Crippen LogP contribution >= 0.6 is 11.8 Å². The number of amides is 1. The van der Waals surface area contributed by atoms with Crippen LogP contribution in [-0.2, 0) is 4.79 Å². The molecule has 0 aliphatic carbocycles. The van der Waals surface area contributed by atoms with E-state index in [9.17, 15) is 4.79 Å². The second kappa shape index (κ2) is 6.07. The smallest absolute Gasteiger partial charge is 0.223 e. The van der Waals surface area contributed by atoms with Crippen molar-refractivity contribution in [3.05, 3.63) is 0 Å². The molecule has 2 aliphatic rings. The van der Waals surface area contributed by atoms with E-state index in [1.54, 1.807) is 11.8 Å². The van der Waals surface area contributed by atoms with Crippen molar-refractivity contribution in [2.75, 3.05) is 44.7 Å². The first-order valence-corrected chi connectivity index (χ1v) is 7.89. The van der Waals surface area contributed by atoms with Gasteiger partial charge in [-0.25, -0.2) is 0 Å². The molecule has 0 radical (unpaired) electrons. The summed E-state index contributed by atoms with van der Waals surface area (Å²) in [6.45, 7) is 4.87. The second-order valence-corrected chi connectivity index (χ2v) is 5.92. The highest BCUT2D eigenvalue weighted by atomic mass is 32.2. The molecule has 1 spiro atoms. The molecule has 2 saturated heterocycles. The van der Waals surface area contributed by atoms with Crippen LogP contribution in [0.15, 0.2) is 0 Å². The van der Waals surface area contributed by atoms with Crippen molar-refractivity contribution in [3.63, 3.8) is 0 Å². The van der Waals surface area contributed by atoms with Crippen LogP contribution in [0.5, 0.6) is 0 Å². The molecule has 0 saturated carbocycles. The van der Waals surface area contributed by atoms with E-state index >= 15 is 0 Å². The first-order chi connectivity index (χ1) is 8.28. The third kappa shape index (κ3) is 2.95. The predicted octanol–water partition coefficient (Wildman–Crippen LogP) is 0.294. The van der Waals surface area contributed by atoms with Gasteiger partial charge in [0.1, 0.15) is 0 Å². The molecule has 0 bridgehead atoms. The number of hydrogen-bond acceptors (Lipinski definition) is 4. The van der Waals surface area contributed by atoms with Crippen molar-refractivity contribution in [1.29, 1.82) is 0 Å². The Labute approximate surface area is 108 Å². The van der Waals surface area contributed by atoms with E-state index in [-0.39, 0.29) is 5.54 Å². The van der Waals surface area contributed by atoms with Crippen molar-refractivity contribution in [2.24, 2.45) is 0 Å². The molecule has 0 aromatic heterocycles. The quantitative estimate of drug-likeness (QED) is 0.763. The molecule has 0 unspecified atom stereocenters. The summed E-state index contributed by atoms with van der Waals surface area (Å²) < 4.78 is 0. The summed E-state index contributed by atoms with van der Waals surface area (Å²) in [4.78, 5) is 14.5. The molecule has 2 rings (SSSR count). The molecule has 2 aliphatic heterocycles. The van der Waals surface area contributed by atoms with E-state index in [0.717, 1.165) is 51.3 Å². The lowest BCUT2D eigenvalue weighted by Gasteiger charge is -2.50. The Kier molecular flexibility index (Phi) is 4.70. The molecule has 0 aromatic carbocycles. The van der Waals surface area contributed by atoms with Gasteiger partial charge in [-0.3, -0.25) is 4.79 Å². The standard InChI is InChI=1S/C12H23N3OS/c1-17-9-2-11(16)15-8-7-14-10-12(15)3-5-13-6-4-12/h13-14H,2-10H2,1H3. The van der Waals surface area contributed by atoms with Crippen LogP contribution in [0.3, 0.4) is 0 Å². The third-order valence-electron chi connectivity index (χ3n) is 3.89. The summed E-state index contributed by atoms with van der Waals surface area (Å²) in [7, 11) is 0. The van der Waals surface area contributed by atoms with Crippen LogP contribution in [0, 0.1) is 0 Å². The van der Waals surface area contributed by atoms with Gasteiger partial charge in [0, 0.05) is 31.8 Å². The molecule has 17 heavy (non-hydrogen) atoms. The highest BCUT2D eigenvalue weighted by Crippen LogP contribution is 2.28. The Morgan fingerprint density at radius 2 is 2.06 bits per heavy atom. The molecule has 2 N–H and O–H groups in total. The Hall–Kier alpha value is -0.260. The van der Waals surface area contributed by atoms with E-state index in [0.29, 0.717) is 12.3 Å². The predicted molar refractivity (Wildman–Crippen MR) is 72.4 cm³/mol. The lowest BCUT2D eigenvalue weighted by Crippen LogP contribution is -2.66. The molecule has 0 aromatic rings. The fraction of sp³-hybridized carbons (Fsp3) is 0.917.